The number of nitrogens with zero attached hydrogens (tertiary/aromatic N) is 1. The first-order chi connectivity index (χ1) is 8.82. The topological polar surface area (TPSA) is 21.7 Å². The first-order valence-electron chi connectivity index (χ1n) is 6.74. The van der Waals surface area contributed by atoms with Gasteiger partial charge >= 0.3 is 0 Å². The van der Waals surface area contributed by atoms with Crippen molar-refractivity contribution in [1.82, 2.24) is 4.90 Å². The summed E-state index contributed by atoms with van der Waals surface area (Å²) in [5, 5.41) is 0. The van der Waals surface area contributed by atoms with E-state index in [1.807, 2.05) is 0 Å². The lowest BCUT2D eigenvalue weighted by Gasteiger charge is -2.26. The maximum Gasteiger partial charge on any atom is 0.0564 e. The third-order valence-electron chi connectivity index (χ3n) is 4.94. The number of benzene rings is 1. The van der Waals surface area contributed by atoms with E-state index in [0.717, 1.165) is 46.1 Å². The van der Waals surface area contributed by atoms with Gasteiger partial charge < -0.3 is 9.47 Å². The van der Waals surface area contributed by atoms with E-state index < -0.39 is 0 Å². The Morgan fingerprint density at radius 1 is 0.889 bits per heavy atom. The molecule has 0 unspecified atom stereocenters. The molecule has 18 heavy (non-hydrogen) atoms. The zero-order valence-corrected chi connectivity index (χ0v) is 10.6. The molecule has 1 aromatic carbocycles. The van der Waals surface area contributed by atoms with Crippen molar-refractivity contribution in [2.45, 2.75) is 6.54 Å². The second-order valence-corrected chi connectivity index (χ2v) is 6.18. The van der Waals surface area contributed by atoms with Crippen molar-refractivity contribution in [3.8, 4) is 0 Å². The zero-order chi connectivity index (χ0) is 12.1. The fourth-order valence-corrected chi connectivity index (χ4v) is 3.96. The molecule has 0 saturated carbocycles. The molecule has 3 saturated heterocycles. The highest BCUT2D eigenvalue weighted by Crippen LogP contribution is 2.55. The minimum atomic E-state index is 0.280. The molecular weight excluding hydrogens is 226 g/mol. The van der Waals surface area contributed by atoms with Gasteiger partial charge in [-0.2, -0.15) is 0 Å². The lowest BCUT2D eigenvalue weighted by molar-refractivity contribution is 0.0460. The molecule has 96 valence electrons. The molecule has 1 aromatic rings. The van der Waals surface area contributed by atoms with E-state index in [4.69, 9.17) is 9.47 Å². The summed E-state index contributed by atoms with van der Waals surface area (Å²) >= 11 is 0. The van der Waals surface area contributed by atoms with Gasteiger partial charge in [-0.3, -0.25) is 4.90 Å². The van der Waals surface area contributed by atoms with Crippen LogP contribution in [0.15, 0.2) is 30.3 Å². The van der Waals surface area contributed by atoms with Gasteiger partial charge in [-0.05, 0) is 5.56 Å². The van der Waals surface area contributed by atoms with Crippen LogP contribution in [-0.4, -0.2) is 44.4 Å². The van der Waals surface area contributed by atoms with Crippen molar-refractivity contribution in [1.29, 1.82) is 0 Å². The predicted molar refractivity (Wildman–Crippen MR) is 68.2 cm³/mol. The molecule has 3 nitrogen and oxygen atoms in total. The highest BCUT2D eigenvalue weighted by atomic mass is 16.5. The number of hydrogen-bond donors (Lipinski definition) is 0. The highest BCUT2D eigenvalue weighted by Gasteiger charge is 2.64. The van der Waals surface area contributed by atoms with Crippen molar-refractivity contribution >= 4 is 0 Å². The first-order valence-corrected chi connectivity index (χ1v) is 6.74. The molecule has 0 N–H and O–H groups in total. The average Bonchev–Trinajstić information content (AvgIpc) is 2.91. The second-order valence-electron chi connectivity index (χ2n) is 6.18. The van der Waals surface area contributed by atoms with Crippen LogP contribution < -0.4 is 0 Å². The van der Waals surface area contributed by atoms with Crippen LogP contribution >= 0.6 is 0 Å². The van der Waals surface area contributed by atoms with Gasteiger partial charge in [0.1, 0.15) is 0 Å². The predicted octanol–water partition coefficient (Wildman–Crippen LogP) is 1.54. The summed E-state index contributed by atoms with van der Waals surface area (Å²) in [6, 6.07) is 10.8. The third-order valence-corrected chi connectivity index (χ3v) is 4.94. The smallest absolute Gasteiger partial charge is 0.0564 e. The molecule has 0 aromatic heterocycles. The molecule has 4 rings (SSSR count). The molecule has 3 heteroatoms. The number of likely N-dealkylation sites (tertiary alicyclic amines) is 1. The monoisotopic (exact) mass is 245 g/mol. The summed E-state index contributed by atoms with van der Waals surface area (Å²) in [6.45, 7) is 6.86. The Kier molecular flexibility index (Phi) is 2.31. The van der Waals surface area contributed by atoms with Gasteiger partial charge in [0.25, 0.3) is 0 Å². The van der Waals surface area contributed by atoms with Crippen LogP contribution in [0.1, 0.15) is 5.56 Å². The Balaban J connectivity index is 1.54. The number of rotatable bonds is 2. The molecule has 3 aliphatic rings. The van der Waals surface area contributed by atoms with Crippen molar-refractivity contribution in [2.24, 2.45) is 10.8 Å². The number of hydrogen-bond acceptors (Lipinski definition) is 3. The van der Waals surface area contributed by atoms with Gasteiger partial charge in [-0.15, -0.1) is 0 Å². The van der Waals surface area contributed by atoms with Crippen molar-refractivity contribution in [2.75, 3.05) is 39.5 Å². The van der Waals surface area contributed by atoms with Crippen LogP contribution in [0.25, 0.3) is 0 Å². The first kappa shape index (κ1) is 11.0. The number of ether oxygens (including phenoxy) is 2. The van der Waals surface area contributed by atoms with E-state index in [1.165, 1.54) is 5.56 Å². The molecule has 0 bridgehead atoms. The molecule has 3 fully saturated rings. The fourth-order valence-electron chi connectivity index (χ4n) is 3.96. The molecule has 3 aliphatic heterocycles. The summed E-state index contributed by atoms with van der Waals surface area (Å²) in [4.78, 5) is 2.58. The van der Waals surface area contributed by atoms with Gasteiger partial charge in [0.2, 0.25) is 0 Å². The van der Waals surface area contributed by atoms with Crippen LogP contribution in [0.5, 0.6) is 0 Å². The van der Waals surface area contributed by atoms with Crippen molar-refractivity contribution in [3.63, 3.8) is 0 Å². The van der Waals surface area contributed by atoms with Crippen LogP contribution in [0.2, 0.25) is 0 Å². The summed E-state index contributed by atoms with van der Waals surface area (Å²) in [7, 11) is 0. The van der Waals surface area contributed by atoms with E-state index in [1.54, 1.807) is 0 Å². The van der Waals surface area contributed by atoms with Gasteiger partial charge in [-0.25, -0.2) is 0 Å². The minimum Gasteiger partial charge on any atom is -0.380 e. The minimum absolute atomic E-state index is 0.280. The van der Waals surface area contributed by atoms with Gasteiger partial charge in [0, 0.05) is 30.5 Å². The van der Waals surface area contributed by atoms with Gasteiger partial charge in [0.05, 0.1) is 26.4 Å². The molecule has 0 atom stereocenters. The van der Waals surface area contributed by atoms with Crippen LogP contribution in [0, 0.1) is 10.8 Å². The summed E-state index contributed by atoms with van der Waals surface area (Å²) in [5.74, 6) is 0. The lowest BCUT2D eigenvalue weighted by atomic mass is 9.71. The molecule has 3 heterocycles. The fraction of sp³-hybridized carbons (Fsp3) is 0.600. The normalized spacial score (nSPS) is 38.9. The van der Waals surface area contributed by atoms with E-state index >= 15 is 0 Å². The van der Waals surface area contributed by atoms with Crippen molar-refractivity contribution < 1.29 is 9.47 Å². The molecular formula is C15H19NO2. The lowest BCUT2D eigenvalue weighted by Crippen LogP contribution is -2.38. The summed E-state index contributed by atoms with van der Waals surface area (Å²) in [6.07, 6.45) is 0. The maximum atomic E-state index is 5.75. The Morgan fingerprint density at radius 3 is 2.00 bits per heavy atom. The van der Waals surface area contributed by atoms with Crippen molar-refractivity contribution in [3.05, 3.63) is 35.9 Å². The Morgan fingerprint density at radius 2 is 1.44 bits per heavy atom. The van der Waals surface area contributed by atoms with Crippen LogP contribution in [-0.2, 0) is 16.0 Å². The molecule has 0 amide bonds. The average molecular weight is 245 g/mol. The molecule has 0 aliphatic carbocycles. The Labute approximate surface area is 108 Å². The quantitative estimate of drug-likeness (QED) is 0.789. The highest BCUT2D eigenvalue weighted by molar-refractivity contribution is 5.17. The van der Waals surface area contributed by atoms with Crippen LogP contribution in [0.4, 0.5) is 0 Å². The van der Waals surface area contributed by atoms with E-state index in [9.17, 15) is 0 Å². The van der Waals surface area contributed by atoms with Gasteiger partial charge in [0.15, 0.2) is 0 Å². The standard InChI is InChI=1S/C15H19NO2/c1-2-4-13(5-3-1)6-16-7-14-9-17-11-15(14,8-16)12-18-10-14/h1-5H,6-12H2. The maximum absolute atomic E-state index is 5.75. The Bertz CT molecular complexity index is 415. The zero-order valence-electron chi connectivity index (χ0n) is 10.6. The van der Waals surface area contributed by atoms with Crippen LogP contribution in [0.3, 0.4) is 0 Å². The largest absolute Gasteiger partial charge is 0.380 e. The third kappa shape index (κ3) is 1.41. The summed E-state index contributed by atoms with van der Waals surface area (Å²) < 4.78 is 11.5. The summed E-state index contributed by atoms with van der Waals surface area (Å²) in [5.41, 5.74) is 1.97. The Hall–Kier alpha value is -0.900. The van der Waals surface area contributed by atoms with E-state index in [0.29, 0.717) is 0 Å². The second kappa shape index (κ2) is 3.80. The molecule has 0 spiro atoms. The SMILES string of the molecule is c1ccc(CN2CC34COCC3(COC4)C2)cc1. The van der Waals surface area contributed by atoms with E-state index in [-0.39, 0.29) is 10.8 Å². The van der Waals surface area contributed by atoms with Gasteiger partial charge in [-0.1, -0.05) is 30.3 Å². The van der Waals surface area contributed by atoms with E-state index in [2.05, 4.69) is 35.2 Å². The molecule has 0 radical (unpaired) electrons.